The molecule has 0 bridgehead atoms. The number of hydrogen-bond donors (Lipinski definition) is 1. The third kappa shape index (κ3) is 5.50. The number of likely N-dealkylation sites (N-methyl/N-ethyl adjacent to an activating group) is 1. The highest BCUT2D eigenvalue weighted by molar-refractivity contribution is 6.46. The summed E-state index contributed by atoms with van der Waals surface area (Å²) >= 11 is 0. The van der Waals surface area contributed by atoms with Crippen molar-refractivity contribution >= 4 is 17.4 Å². The Bertz CT molecular complexity index is 1070. The number of rotatable bonds is 9. The molecule has 1 atom stereocenters. The normalized spacial score (nSPS) is 17.8. The Hall–Kier alpha value is -3.12. The number of carbonyl (C=O) groups excluding carboxylic acids is 2. The average Bonchev–Trinajstić information content (AvgIpc) is 3.06. The second-order valence-corrected chi connectivity index (χ2v) is 9.58. The lowest BCUT2D eigenvalue weighted by Gasteiger charge is -2.26. The molecule has 1 aliphatic rings. The number of ketones is 1. The smallest absolute Gasteiger partial charge is 0.295 e. The van der Waals surface area contributed by atoms with Crippen molar-refractivity contribution in [3.8, 4) is 5.75 Å². The van der Waals surface area contributed by atoms with Gasteiger partial charge >= 0.3 is 0 Å². The number of amides is 1. The van der Waals surface area contributed by atoms with Crippen LogP contribution in [0.1, 0.15) is 49.1 Å². The van der Waals surface area contributed by atoms with Gasteiger partial charge in [0, 0.05) is 18.7 Å². The second kappa shape index (κ2) is 10.9. The van der Waals surface area contributed by atoms with E-state index in [1.165, 1.54) is 5.56 Å². The molecular weight excluding hydrogens is 428 g/mol. The minimum absolute atomic E-state index is 0.128. The first kappa shape index (κ1) is 25.5. The number of Topliss-reactive ketones (excluding diaryl/α,β-unsaturated/α-hetero) is 1. The lowest BCUT2D eigenvalue weighted by Crippen LogP contribution is -2.35. The molecule has 0 saturated carbocycles. The van der Waals surface area contributed by atoms with E-state index in [-0.39, 0.29) is 11.3 Å². The van der Waals surface area contributed by atoms with Crippen LogP contribution in [0.4, 0.5) is 0 Å². The number of aryl methyl sites for hydroxylation is 2. The van der Waals surface area contributed by atoms with E-state index in [9.17, 15) is 14.7 Å². The van der Waals surface area contributed by atoms with Crippen molar-refractivity contribution in [3.63, 3.8) is 0 Å². The first-order valence-electron chi connectivity index (χ1n) is 11.9. The number of ether oxygens (including phenoxy) is 1. The Morgan fingerprint density at radius 2 is 1.79 bits per heavy atom. The van der Waals surface area contributed by atoms with Crippen molar-refractivity contribution < 1.29 is 19.4 Å². The Morgan fingerprint density at radius 3 is 2.35 bits per heavy atom. The Labute approximate surface area is 202 Å². The molecular formula is C28H36N2O4. The first-order chi connectivity index (χ1) is 16.1. The number of likely N-dealkylation sites (tertiary alicyclic amines) is 1. The van der Waals surface area contributed by atoms with Gasteiger partial charge in [-0.1, -0.05) is 45.0 Å². The molecule has 1 N–H and O–H groups in total. The van der Waals surface area contributed by atoms with Crippen LogP contribution in [0, 0.1) is 12.8 Å². The van der Waals surface area contributed by atoms with Crippen LogP contribution in [0.5, 0.6) is 5.75 Å². The topological polar surface area (TPSA) is 70.1 Å². The zero-order chi connectivity index (χ0) is 25.0. The van der Waals surface area contributed by atoms with E-state index in [4.69, 9.17) is 4.74 Å². The van der Waals surface area contributed by atoms with Crippen molar-refractivity contribution in [3.05, 3.63) is 70.3 Å². The maximum Gasteiger partial charge on any atom is 0.295 e. The van der Waals surface area contributed by atoms with Crippen molar-refractivity contribution in [1.29, 1.82) is 0 Å². The van der Waals surface area contributed by atoms with Gasteiger partial charge in [-0.3, -0.25) is 9.59 Å². The largest absolute Gasteiger partial charge is 0.507 e. The van der Waals surface area contributed by atoms with E-state index in [0.29, 0.717) is 31.2 Å². The molecule has 34 heavy (non-hydrogen) atoms. The van der Waals surface area contributed by atoms with Gasteiger partial charge in [0.2, 0.25) is 0 Å². The molecule has 3 rings (SSSR count). The SMILES string of the molecule is CCc1ccc([C@H]2C(=C(O)c3ccc(OCC(C)C)c(C)c3)C(=O)C(=O)N2CCN(C)C)cc1. The van der Waals surface area contributed by atoms with Crippen LogP contribution in [0.15, 0.2) is 48.0 Å². The zero-order valence-corrected chi connectivity index (χ0v) is 21.1. The summed E-state index contributed by atoms with van der Waals surface area (Å²) in [5, 5.41) is 11.3. The van der Waals surface area contributed by atoms with Crippen molar-refractivity contribution in [2.75, 3.05) is 33.8 Å². The van der Waals surface area contributed by atoms with Crippen LogP contribution < -0.4 is 4.74 Å². The third-order valence-corrected chi connectivity index (χ3v) is 6.05. The molecule has 0 radical (unpaired) electrons. The second-order valence-electron chi connectivity index (χ2n) is 9.58. The summed E-state index contributed by atoms with van der Waals surface area (Å²) in [6.07, 6.45) is 0.894. The van der Waals surface area contributed by atoms with Crippen molar-refractivity contribution in [1.82, 2.24) is 9.80 Å². The molecule has 6 nitrogen and oxygen atoms in total. The number of carbonyl (C=O) groups is 2. The van der Waals surface area contributed by atoms with Crippen LogP contribution in [-0.4, -0.2) is 60.4 Å². The fourth-order valence-electron chi connectivity index (χ4n) is 4.07. The van der Waals surface area contributed by atoms with E-state index in [1.807, 2.05) is 50.2 Å². The van der Waals surface area contributed by atoms with Gasteiger partial charge < -0.3 is 19.6 Å². The van der Waals surface area contributed by atoms with E-state index in [2.05, 4.69) is 20.8 Å². The van der Waals surface area contributed by atoms with Gasteiger partial charge in [-0.2, -0.15) is 0 Å². The molecule has 6 heteroatoms. The first-order valence-corrected chi connectivity index (χ1v) is 11.9. The Kier molecular flexibility index (Phi) is 8.15. The molecule has 0 aromatic heterocycles. The summed E-state index contributed by atoms with van der Waals surface area (Å²) in [7, 11) is 3.85. The maximum absolute atomic E-state index is 13.2. The minimum Gasteiger partial charge on any atom is -0.507 e. The molecule has 1 aliphatic heterocycles. The van der Waals surface area contributed by atoms with Crippen molar-refractivity contribution in [2.24, 2.45) is 5.92 Å². The molecule has 2 aromatic carbocycles. The highest BCUT2D eigenvalue weighted by Crippen LogP contribution is 2.39. The van der Waals surface area contributed by atoms with E-state index < -0.39 is 17.7 Å². The molecule has 2 aromatic rings. The predicted molar refractivity (Wildman–Crippen MR) is 135 cm³/mol. The predicted octanol–water partition coefficient (Wildman–Crippen LogP) is 4.58. The highest BCUT2D eigenvalue weighted by Gasteiger charge is 2.45. The maximum atomic E-state index is 13.2. The van der Waals surface area contributed by atoms with Crippen LogP contribution in [0.3, 0.4) is 0 Å². The van der Waals surface area contributed by atoms with Crippen molar-refractivity contribution in [2.45, 2.75) is 40.2 Å². The monoisotopic (exact) mass is 464 g/mol. The Morgan fingerprint density at radius 1 is 1.12 bits per heavy atom. The van der Waals surface area contributed by atoms with Crippen LogP contribution in [-0.2, 0) is 16.0 Å². The van der Waals surface area contributed by atoms with E-state index in [1.54, 1.807) is 23.1 Å². The molecule has 1 saturated heterocycles. The summed E-state index contributed by atoms with van der Waals surface area (Å²) in [4.78, 5) is 29.7. The van der Waals surface area contributed by atoms with Gasteiger partial charge in [0.05, 0.1) is 18.2 Å². The Balaban J connectivity index is 2.06. The molecule has 182 valence electrons. The summed E-state index contributed by atoms with van der Waals surface area (Å²) < 4.78 is 5.85. The van der Waals surface area contributed by atoms with Gasteiger partial charge in [0.1, 0.15) is 11.5 Å². The zero-order valence-electron chi connectivity index (χ0n) is 21.1. The van der Waals surface area contributed by atoms with Gasteiger partial charge in [0.15, 0.2) is 0 Å². The summed E-state index contributed by atoms with van der Waals surface area (Å²) in [5.41, 5.74) is 3.46. The summed E-state index contributed by atoms with van der Waals surface area (Å²) in [6, 6.07) is 12.6. The molecule has 1 heterocycles. The quantitative estimate of drug-likeness (QED) is 0.334. The number of aliphatic hydroxyl groups is 1. The third-order valence-electron chi connectivity index (χ3n) is 6.05. The molecule has 0 aliphatic carbocycles. The van der Waals surface area contributed by atoms with Crippen LogP contribution >= 0.6 is 0 Å². The minimum atomic E-state index is -0.654. The molecule has 1 amide bonds. The average molecular weight is 465 g/mol. The van der Waals surface area contributed by atoms with E-state index in [0.717, 1.165) is 23.3 Å². The number of aliphatic hydroxyl groups excluding tert-OH is 1. The van der Waals surface area contributed by atoms with Gasteiger partial charge in [0.25, 0.3) is 11.7 Å². The molecule has 0 spiro atoms. The van der Waals surface area contributed by atoms with Crippen LogP contribution in [0.2, 0.25) is 0 Å². The van der Waals surface area contributed by atoms with Gasteiger partial charge in [-0.05, 0) is 68.2 Å². The van der Waals surface area contributed by atoms with Crippen LogP contribution in [0.25, 0.3) is 5.76 Å². The lowest BCUT2D eigenvalue weighted by molar-refractivity contribution is -0.140. The van der Waals surface area contributed by atoms with Gasteiger partial charge in [-0.15, -0.1) is 0 Å². The number of nitrogens with zero attached hydrogens (tertiary/aromatic N) is 2. The molecule has 1 fully saturated rings. The van der Waals surface area contributed by atoms with E-state index >= 15 is 0 Å². The fourth-order valence-corrected chi connectivity index (χ4v) is 4.07. The highest BCUT2D eigenvalue weighted by atomic mass is 16.5. The standard InChI is InChI=1S/C28H36N2O4/c1-7-20-8-10-21(11-9-20)25-24(27(32)28(33)30(25)15-14-29(5)6)26(31)22-12-13-23(19(4)16-22)34-17-18(2)3/h8-13,16,18,25,31H,7,14-15,17H2,1-6H3/t25-/m0/s1. The number of benzene rings is 2. The summed E-state index contributed by atoms with van der Waals surface area (Å²) in [5.74, 6) is -0.262. The summed E-state index contributed by atoms with van der Waals surface area (Å²) in [6.45, 7) is 9.73. The fraction of sp³-hybridized carbons (Fsp3) is 0.429. The number of hydrogen-bond acceptors (Lipinski definition) is 5. The van der Waals surface area contributed by atoms with Gasteiger partial charge in [-0.25, -0.2) is 0 Å². The lowest BCUT2D eigenvalue weighted by atomic mass is 9.94. The molecule has 0 unspecified atom stereocenters.